The van der Waals surface area contributed by atoms with E-state index in [0.717, 1.165) is 24.0 Å². The summed E-state index contributed by atoms with van der Waals surface area (Å²) in [7, 11) is 0. The highest BCUT2D eigenvalue weighted by atomic mass is 16.6. The second-order valence-corrected chi connectivity index (χ2v) is 5.47. The number of likely N-dealkylation sites (tertiary alicyclic amines) is 1. The summed E-state index contributed by atoms with van der Waals surface area (Å²) in [4.78, 5) is 14.3. The molecule has 2 aromatic rings. The molecule has 1 heterocycles. The van der Waals surface area contributed by atoms with Gasteiger partial charge in [0.2, 0.25) is 0 Å². The van der Waals surface area contributed by atoms with Gasteiger partial charge < -0.3 is 9.64 Å². The van der Waals surface area contributed by atoms with Crippen molar-refractivity contribution < 1.29 is 9.53 Å². The monoisotopic (exact) mass is 294 g/mol. The molecule has 1 aliphatic heterocycles. The molecule has 0 spiro atoms. The highest BCUT2D eigenvalue weighted by Gasteiger charge is 2.28. The van der Waals surface area contributed by atoms with Gasteiger partial charge in [-0.05, 0) is 30.4 Å². The first-order chi connectivity index (χ1) is 10.8. The van der Waals surface area contributed by atoms with Crippen molar-refractivity contribution in [3.05, 3.63) is 78.2 Å². The highest BCUT2D eigenvalue weighted by Crippen LogP contribution is 2.30. The van der Waals surface area contributed by atoms with Gasteiger partial charge in [-0.3, -0.25) is 0 Å². The Morgan fingerprint density at radius 2 is 1.73 bits per heavy atom. The van der Waals surface area contributed by atoms with E-state index in [9.17, 15) is 4.79 Å². The lowest BCUT2D eigenvalue weighted by molar-refractivity contribution is 0.0741. The minimum atomic E-state index is -0.231. The molecule has 113 valence electrons. The first kappa shape index (κ1) is 14.6. The van der Waals surface area contributed by atoms with E-state index in [2.05, 4.69) is 18.6 Å². The van der Waals surface area contributed by atoms with Crippen molar-refractivity contribution in [3.63, 3.8) is 0 Å². The molecule has 2 aromatic carbocycles. The lowest BCUT2D eigenvalue weighted by Gasteiger charge is -2.35. The standard InChI is InChI=1S/C19H20NO2/c21-19(22-15-16-9-3-1-4-10-16)20-14-8-7-13-18(20)17-11-5-2-6-12-17/h1-7,9-12,18H,8,13-15H2. The number of rotatable bonds is 3. The fraction of sp³-hybridized carbons (Fsp3) is 0.263. The summed E-state index contributed by atoms with van der Waals surface area (Å²) in [6.45, 7) is 1.04. The minimum Gasteiger partial charge on any atom is -0.445 e. The Balaban J connectivity index is 1.66. The molecule has 1 aliphatic rings. The van der Waals surface area contributed by atoms with Crippen molar-refractivity contribution in [2.75, 3.05) is 6.54 Å². The number of piperidine rings is 1. The summed E-state index contributed by atoms with van der Waals surface area (Å²) in [5.41, 5.74) is 2.17. The smallest absolute Gasteiger partial charge is 0.410 e. The van der Waals surface area contributed by atoms with Crippen LogP contribution in [0.5, 0.6) is 0 Å². The largest absolute Gasteiger partial charge is 0.445 e. The second-order valence-electron chi connectivity index (χ2n) is 5.47. The molecule has 0 N–H and O–H groups in total. The lowest BCUT2D eigenvalue weighted by Crippen LogP contribution is -2.38. The maximum atomic E-state index is 12.4. The van der Waals surface area contributed by atoms with Crippen molar-refractivity contribution in [2.45, 2.75) is 25.5 Å². The number of carbonyl (C=O) groups is 1. The predicted octanol–water partition coefficient (Wildman–Crippen LogP) is 4.36. The molecule has 22 heavy (non-hydrogen) atoms. The van der Waals surface area contributed by atoms with Gasteiger partial charge in [-0.25, -0.2) is 4.79 Å². The second kappa shape index (κ2) is 7.12. The summed E-state index contributed by atoms with van der Waals surface area (Å²) in [5.74, 6) is 0. The molecule has 3 heteroatoms. The Labute approximate surface area is 131 Å². The van der Waals surface area contributed by atoms with Gasteiger partial charge in [-0.2, -0.15) is 0 Å². The van der Waals surface area contributed by atoms with Crippen LogP contribution < -0.4 is 0 Å². The maximum absolute atomic E-state index is 12.4. The van der Waals surface area contributed by atoms with E-state index in [1.807, 2.05) is 53.4 Å². The minimum absolute atomic E-state index is 0.0817. The highest BCUT2D eigenvalue weighted by molar-refractivity contribution is 5.68. The number of ether oxygens (including phenoxy) is 1. The molecule has 1 amide bonds. The molecule has 1 radical (unpaired) electrons. The van der Waals surface area contributed by atoms with E-state index in [0.29, 0.717) is 13.2 Å². The van der Waals surface area contributed by atoms with Crippen molar-refractivity contribution in [3.8, 4) is 0 Å². The maximum Gasteiger partial charge on any atom is 0.410 e. The summed E-state index contributed by atoms with van der Waals surface area (Å²) in [6, 6.07) is 20.0. The lowest BCUT2D eigenvalue weighted by atomic mass is 9.96. The quantitative estimate of drug-likeness (QED) is 0.841. The topological polar surface area (TPSA) is 29.5 Å². The van der Waals surface area contributed by atoms with Crippen LogP contribution in [0.15, 0.2) is 60.7 Å². The van der Waals surface area contributed by atoms with Gasteiger partial charge >= 0.3 is 6.09 Å². The van der Waals surface area contributed by atoms with Gasteiger partial charge in [-0.1, -0.05) is 60.7 Å². The van der Waals surface area contributed by atoms with E-state index >= 15 is 0 Å². The van der Waals surface area contributed by atoms with E-state index in [1.54, 1.807) is 0 Å². The molecule has 1 saturated heterocycles. The molecule has 0 bridgehead atoms. The summed E-state index contributed by atoms with van der Waals surface area (Å²) in [5, 5.41) is 0. The fourth-order valence-corrected chi connectivity index (χ4v) is 2.80. The number of hydrogen-bond donors (Lipinski definition) is 0. The molecular formula is C19H20NO2. The summed E-state index contributed by atoms with van der Waals surface area (Å²) in [6.07, 6.45) is 3.82. The van der Waals surface area contributed by atoms with E-state index in [1.165, 1.54) is 0 Å². The van der Waals surface area contributed by atoms with Crippen LogP contribution in [0.2, 0.25) is 0 Å². The predicted molar refractivity (Wildman–Crippen MR) is 86.1 cm³/mol. The van der Waals surface area contributed by atoms with Gasteiger partial charge in [0.1, 0.15) is 6.61 Å². The van der Waals surface area contributed by atoms with Gasteiger partial charge in [0.25, 0.3) is 0 Å². The normalized spacial score (nSPS) is 18.0. The van der Waals surface area contributed by atoms with Crippen molar-refractivity contribution in [2.24, 2.45) is 0 Å². The molecule has 1 fully saturated rings. The van der Waals surface area contributed by atoms with Crippen LogP contribution in [0.25, 0.3) is 0 Å². The fourth-order valence-electron chi connectivity index (χ4n) is 2.80. The van der Waals surface area contributed by atoms with Crippen LogP contribution >= 0.6 is 0 Å². The van der Waals surface area contributed by atoms with E-state index in [-0.39, 0.29) is 12.1 Å². The Kier molecular flexibility index (Phi) is 4.74. The molecule has 1 atom stereocenters. The summed E-state index contributed by atoms with van der Waals surface area (Å²) >= 11 is 0. The number of benzene rings is 2. The summed E-state index contributed by atoms with van der Waals surface area (Å²) < 4.78 is 5.49. The van der Waals surface area contributed by atoms with Crippen molar-refractivity contribution in [1.29, 1.82) is 0 Å². The van der Waals surface area contributed by atoms with Gasteiger partial charge in [0.15, 0.2) is 0 Å². The zero-order chi connectivity index (χ0) is 15.2. The third kappa shape index (κ3) is 3.48. The third-order valence-electron chi connectivity index (χ3n) is 3.96. The average molecular weight is 294 g/mol. The number of nitrogens with zero attached hydrogens (tertiary/aromatic N) is 1. The first-order valence-corrected chi connectivity index (χ1v) is 7.68. The third-order valence-corrected chi connectivity index (χ3v) is 3.96. The van der Waals surface area contributed by atoms with E-state index in [4.69, 9.17) is 4.74 Å². The average Bonchev–Trinajstić information content (AvgIpc) is 2.61. The number of amides is 1. The van der Waals surface area contributed by atoms with Gasteiger partial charge in [0, 0.05) is 6.54 Å². The van der Waals surface area contributed by atoms with E-state index < -0.39 is 0 Å². The molecule has 0 aliphatic carbocycles. The molecule has 1 unspecified atom stereocenters. The van der Waals surface area contributed by atoms with Crippen LogP contribution in [0, 0.1) is 6.42 Å². The molecule has 0 aromatic heterocycles. The first-order valence-electron chi connectivity index (χ1n) is 7.68. The SMILES string of the molecule is O=C(OCc1ccccc1)N1CC[CH]CC1c1ccccc1. The zero-order valence-corrected chi connectivity index (χ0v) is 12.5. The Hall–Kier alpha value is -2.29. The Morgan fingerprint density at radius 3 is 2.45 bits per heavy atom. The molecule has 3 nitrogen and oxygen atoms in total. The van der Waals surface area contributed by atoms with Crippen LogP contribution in [0.1, 0.15) is 30.0 Å². The number of carbonyl (C=O) groups excluding carboxylic acids is 1. The molecular weight excluding hydrogens is 274 g/mol. The number of hydrogen-bond acceptors (Lipinski definition) is 2. The van der Waals surface area contributed by atoms with Crippen molar-refractivity contribution in [1.82, 2.24) is 4.90 Å². The molecule has 0 saturated carbocycles. The van der Waals surface area contributed by atoms with Crippen LogP contribution in [0.3, 0.4) is 0 Å². The zero-order valence-electron chi connectivity index (χ0n) is 12.5. The van der Waals surface area contributed by atoms with Crippen molar-refractivity contribution >= 4 is 6.09 Å². The Bertz CT molecular complexity index is 597. The molecule has 3 rings (SSSR count). The Morgan fingerprint density at radius 1 is 1.05 bits per heavy atom. The van der Waals surface area contributed by atoms with Gasteiger partial charge in [-0.15, -0.1) is 0 Å². The van der Waals surface area contributed by atoms with Gasteiger partial charge in [0.05, 0.1) is 6.04 Å². The van der Waals surface area contributed by atoms with Crippen LogP contribution in [-0.2, 0) is 11.3 Å². The van der Waals surface area contributed by atoms with Crippen LogP contribution in [-0.4, -0.2) is 17.5 Å². The van der Waals surface area contributed by atoms with Crippen LogP contribution in [0.4, 0.5) is 4.79 Å².